The standard InChI is InChI=1S/C13H27N3O2/c1-11(2)10-16(8-6-13(14)15-17)7-5-12-4-3-9-18-12/h11-12,17H,3-10H2,1-2H3,(H2,14,15). The fourth-order valence-corrected chi connectivity index (χ4v) is 2.33. The van der Waals surface area contributed by atoms with Crippen molar-refractivity contribution in [2.24, 2.45) is 16.8 Å². The van der Waals surface area contributed by atoms with Gasteiger partial charge in [-0.3, -0.25) is 0 Å². The van der Waals surface area contributed by atoms with Crippen molar-refractivity contribution in [2.45, 2.75) is 45.6 Å². The van der Waals surface area contributed by atoms with E-state index in [4.69, 9.17) is 15.7 Å². The molecule has 1 aliphatic rings. The largest absolute Gasteiger partial charge is 0.409 e. The van der Waals surface area contributed by atoms with Gasteiger partial charge in [0.05, 0.1) is 6.10 Å². The minimum Gasteiger partial charge on any atom is -0.409 e. The number of nitrogens with zero attached hydrogens (tertiary/aromatic N) is 2. The Labute approximate surface area is 110 Å². The van der Waals surface area contributed by atoms with Crippen molar-refractivity contribution < 1.29 is 9.94 Å². The zero-order chi connectivity index (χ0) is 13.4. The lowest BCUT2D eigenvalue weighted by Crippen LogP contribution is -2.33. The summed E-state index contributed by atoms with van der Waals surface area (Å²) in [4.78, 5) is 2.38. The van der Waals surface area contributed by atoms with E-state index < -0.39 is 0 Å². The highest BCUT2D eigenvalue weighted by Crippen LogP contribution is 2.16. The van der Waals surface area contributed by atoms with Crippen LogP contribution in [0.15, 0.2) is 5.16 Å². The predicted molar refractivity (Wildman–Crippen MR) is 72.9 cm³/mol. The van der Waals surface area contributed by atoms with E-state index in [2.05, 4.69) is 23.9 Å². The van der Waals surface area contributed by atoms with E-state index in [1.807, 2.05) is 0 Å². The van der Waals surface area contributed by atoms with Gasteiger partial charge in [-0.05, 0) is 25.2 Å². The van der Waals surface area contributed by atoms with Crippen molar-refractivity contribution in [3.63, 3.8) is 0 Å². The van der Waals surface area contributed by atoms with E-state index in [-0.39, 0.29) is 0 Å². The fraction of sp³-hybridized carbons (Fsp3) is 0.923. The average Bonchev–Trinajstić information content (AvgIpc) is 2.84. The molecule has 0 aromatic rings. The van der Waals surface area contributed by atoms with Gasteiger partial charge in [-0.25, -0.2) is 0 Å². The van der Waals surface area contributed by atoms with Crippen LogP contribution < -0.4 is 5.73 Å². The van der Waals surface area contributed by atoms with Gasteiger partial charge in [0.1, 0.15) is 5.84 Å². The minimum atomic E-state index is 0.306. The molecule has 0 aliphatic carbocycles. The van der Waals surface area contributed by atoms with Crippen molar-refractivity contribution in [2.75, 3.05) is 26.2 Å². The summed E-state index contributed by atoms with van der Waals surface area (Å²) >= 11 is 0. The van der Waals surface area contributed by atoms with Crippen LogP contribution in [0.25, 0.3) is 0 Å². The quantitative estimate of drug-likeness (QED) is 0.300. The molecule has 0 radical (unpaired) electrons. The van der Waals surface area contributed by atoms with Crippen molar-refractivity contribution in [1.29, 1.82) is 0 Å². The zero-order valence-electron chi connectivity index (χ0n) is 11.6. The highest BCUT2D eigenvalue weighted by atomic mass is 16.5. The molecule has 5 heteroatoms. The highest BCUT2D eigenvalue weighted by molar-refractivity contribution is 5.79. The van der Waals surface area contributed by atoms with Crippen LogP contribution in [0.3, 0.4) is 0 Å². The van der Waals surface area contributed by atoms with Gasteiger partial charge in [0.25, 0.3) is 0 Å². The van der Waals surface area contributed by atoms with Crippen LogP contribution in [0.1, 0.15) is 39.5 Å². The van der Waals surface area contributed by atoms with E-state index in [0.29, 0.717) is 24.3 Å². The van der Waals surface area contributed by atoms with Crippen LogP contribution in [-0.2, 0) is 4.74 Å². The number of nitrogens with two attached hydrogens (primary N) is 1. The number of amidine groups is 1. The lowest BCUT2D eigenvalue weighted by Gasteiger charge is -2.25. The van der Waals surface area contributed by atoms with E-state index in [1.54, 1.807) is 0 Å². The number of rotatable bonds is 8. The van der Waals surface area contributed by atoms with Crippen LogP contribution in [0.2, 0.25) is 0 Å². The lowest BCUT2D eigenvalue weighted by atomic mass is 10.1. The molecule has 1 unspecified atom stereocenters. The molecule has 106 valence electrons. The van der Waals surface area contributed by atoms with E-state index in [0.717, 1.165) is 32.7 Å². The van der Waals surface area contributed by atoms with Crippen LogP contribution in [0, 0.1) is 5.92 Å². The molecule has 5 nitrogen and oxygen atoms in total. The Bertz CT molecular complexity index is 251. The zero-order valence-corrected chi connectivity index (χ0v) is 11.6. The summed E-state index contributed by atoms with van der Waals surface area (Å²) in [7, 11) is 0. The Morgan fingerprint density at radius 1 is 1.50 bits per heavy atom. The second-order valence-electron chi connectivity index (χ2n) is 5.46. The Morgan fingerprint density at radius 3 is 2.83 bits per heavy atom. The Morgan fingerprint density at radius 2 is 2.28 bits per heavy atom. The van der Waals surface area contributed by atoms with Crippen LogP contribution in [0.5, 0.6) is 0 Å². The lowest BCUT2D eigenvalue weighted by molar-refractivity contribution is 0.0905. The topological polar surface area (TPSA) is 71.1 Å². The third-order valence-electron chi connectivity index (χ3n) is 3.23. The van der Waals surface area contributed by atoms with Crippen molar-refractivity contribution in [3.8, 4) is 0 Å². The Hall–Kier alpha value is -0.810. The number of hydrogen-bond acceptors (Lipinski definition) is 4. The first-order valence-corrected chi connectivity index (χ1v) is 6.92. The van der Waals surface area contributed by atoms with E-state index >= 15 is 0 Å². The summed E-state index contributed by atoms with van der Waals surface area (Å²) in [6.07, 6.45) is 4.52. The van der Waals surface area contributed by atoms with Crippen LogP contribution >= 0.6 is 0 Å². The molecule has 1 fully saturated rings. The third-order valence-corrected chi connectivity index (χ3v) is 3.23. The molecular weight excluding hydrogens is 230 g/mol. The summed E-state index contributed by atoms with van der Waals surface area (Å²) in [5.74, 6) is 0.933. The Balaban J connectivity index is 2.29. The minimum absolute atomic E-state index is 0.306. The van der Waals surface area contributed by atoms with Gasteiger partial charge in [-0.1, -0.05) is 19.0 Å². The smallest absolute Gasteiger partial charge is 0.140 e. The summed E-state index contributed by atoms with van der Waals surface area (Å²) in [5.41, 5.74) is 5.52. The number of oxime groups is 1. The molecular formula is C13H27N3O2. The molecule has 0 aromatic heterocycles. The number of ether oxygens (including phenoxy) is 1. The summed E-state index contributed by atoms with van der Waals surface area (Å²) in [5, 5.41) is 11.6. The van der Waals surface area contributed by atoms with E-state index in [1.165, 1.54) is 12.8 Å². The van der Waals surface area contributed by atoms with Gasteiger partial charge in [0, 0.05) is 32.7 Å². The maximum absolute atomic E-state index is 8.56. The molecule has 1 rings (SSSR count). The first kappa shape index (κ1) is 15.2. The monoisotopic (exact) mass is 257 g/mol. The second-order valence-corrected chi connectivity index (χ2v) is 5.46. The normalized spacial score (nSPS) is 21.1. The second kappa shape index (κ2) is 8.32. The van der Waals surface area contributed by atoms with Gasteiger partial charge in [0.2, 0.25) is 0 Å². The van der Waals surface area contributed by atoms with Gasteiger partial charge < -0.3 is 20.6 Å². The van der Waals surface area contributed by atoms with Gasteiger partial charge in [0.15, 0.2) is 0 Å². The molecule has 18 heavy (non-hydrogen) atoms. The fourth-order valence-electron chi connectivity index (χ4n) is 2.33. The summed E-state index contributed by atoms with van der Waals surface area (Å²) < 4.78 is 5.64. The molecule has 1 aliphatic heterocycles. The Kier molecular flexibility index (Phi) is 7.05. The van der Waals surface area contributed by atoms with Gasteiger partial charge >= 0.3 is 0 Å². The van der Waals surface area contributed by atoms with Crippen LogP contribution in [0.4, 0.5) is 0 Å². The summed E-state index contributed by atoms with van der Waals surface area (Å²) in [6, 6.07) is 0. The first-order valence-electron chi connectivity index (χ1n) is 6.92. The number of hydrogen-bond donors (Lipinski definition) is 2. The molecule has 0 bridgehead atoms. The van der Waals surface area contributed by atoms with Gasteiger partial charge in [-0.15, -0.1) is 0 Å². The van der Waals surface area contributed by atoms with Crippen molar-refractivity contribution >= 4 is 5.84 Å². The molecule has 0 saturated carbocycles. The molecule has 0 amide bonds. The van der Waals surface area contributed by atoms with Crippen molar-refractivity contribution in [1.82, 2.24) is 4.90 Å². The molecule has 0 spiro atoms. The highest BCUT2D eigenvalue weighted by Gasteiger charge is 2.17. The van der Waals surface area contributed by atoms with Crippen molar-refractivity contribution in [3.05, 3.63) is 0 Å². The first-order chi connectivity index (χ1) is 8.61. The predicted octanol–water partition coefficient (Wildman–Crippen LogP) is 1.65. The molecule has 1 atom stereocenters. The van der Waals surface area contributed by atoms with Crippen LogP contribution in [-0.4, -0.2) is 48.3 Å². The maximum atomic E-state index is 8.56. The maximum Gasteiger partial charge on any atom is 0.140 e. The average molecular weight is 257 g/mol. The molecule has 0 aromatic carbocycles. The molecule has 1 heterocycles. The molecule has 3 N–H and O–H groups in total. The third kappa shape index (κ3) is 6.21. The summed E-state index contributed by atoms with van der Waals surface area (Å²) in [6.45, 7) is 8.26. The molecule has 1 saturated heterocycles. The van der Waals surface area contributed by atoms with Gasteiger partial charge in [-0.2, -0.15) is 0 Å². The van der Waals surface area contributed by atoms with E-state index in [9.17, 15) is 0 Å². The SMILES string of the molecule is CC(C)CN(CCC(N)=NO)CCC1CCCO1.